The maximum Gasteiger partial charge on any atom is 0.342 e. The van der Waals surface area contributed by atoms with Gasteiger partial charge >= 0.3 is 5.97 Å². The molecule has 0 aromatic heterocycles. The van der Waals surface area contributed by atoms with E-state index in [-0.39, 0.29) is 11.7 Å². The minimum atomic E-state index is -1.22. The quantitative estimate of drug-likeness (QED) is 0.601. The number of rotatable bonds is 1. The number of carboxylic acid groups (broad SMARTS) is 1. The average molecular weight is 206 g/mol. The van der Waals surface area contributed by atoms with Crippen molar-refractivity contribution in [2.75, 3.05) is 0 Å². The standard InChI is InChI=1S/C10H10N2O3/c1-6-2-3-12-8(4-6)11-5-7(9(12)13)10(14)15/h2-5,8,11H,1H3,(H,14,15)/t8-/m0/s1. The number of hydrogen-bond acceptors (Lipinski definition) is 3. The Morgan fingerprint density at radius 1 is 1.60 bits per heavy atom. The van der Waals surface area contributed by atoms with Gasteiger partial charge in [0.05, 0.1) is 0 Å². The average Bonchev–Trinajstić information content (AvgIpc) is 2.17. The van der Waals surface area contributed by atoms with Crippen LogP contribution in [0.3, 0.4) is 0 Å². The Morgan fingerprint density at radius 3 is 3.00 bits per heavy atom. The molecule has 0 aliphatic carbocycles. The molecule has 5 heteroatoms. The Labute approximate surface area is 86.4 Å². The third-order valence-electron chi connectivity index (χ3n) is 2.31. The maximum atomic E-state index is 11.7. The fourth-order valence-corrected chi connectivity index (χ4v) is 1.52. The highest BCUT2D eigenvalue weighted by Crippen LogP contribution is 2.18. The van der Waals surface area contributed by atoms with Crippen molar-refractivity contribution in [1.82, 2.24) is 10.2 Å². The van der Waals surface area contributed by atoms with E-state index in [1.54, 1.807) is 12.3 Å². The summed E-state index contributed by atoms with van der Waals surface area (Å²) in [5, 5.41) is 11.6. The van der Waals surface area contributed by atoms with Crippen molar-refractivity contribution >= 4 is 11.9 Å². The molecule has 15 heavy (non-hydrogen) atoms. The maximum absolute atomic E-state index is 11.7. The number of nitrogens with zero attached hydrogens (tertiary/aromatic N) is 1. The zero-order valence-corrected chi connectivity index (χ0v) is 8.10. The Morgan fingerprint density at radius 2 is 2.33 bits per heavy atom. The van der Waals surface area contributed by atoms with Crippen molar-refractivity contribution in [3.8, 4) is 0 Å². The molecular weight excluding hydrogens is 196 g/mol. The number of carbonyl (C=O) groups is 2. The molecule has 0 bridgehead atoms. The van der Waals surface area contributed by atoms with Crippen LogP contribution in [-0.4, -0.2) is 28.0 Å². The summed E-state index contributed by atoms with van der Waals surface area (Å²) < 4.78 is 0. The number of allylic oxidation sites excluding steroid dienone is 2. The summed E-state index contributed by atoms with van der Waals surface area (Å²) >= 11 is 0. The van der Waals surface area contributed by atoms with E-state index in [1.165, 1.54) is 11.1 Å². The molecular formula is C10H10N2O3. The number of carboxylic acids is 1. The summed E-state index contributed by atoms with van der Waals surface area (Å²) in [6, 6.07) is 0. The van der Waals surface area contributed by atoms with Crippen LogP contribution >= 0.6 is 0 Å². The van der Waals surface area contributed by atoms with Crippen molar-refractivity contribution in [3.05, 3.63) is 35.7 Å². The van der Waals surface area contributed by atoms with Gasteiger partial charge in [0.2, 0.25) is 0 Å². The van der Waals surface area contributed by atoms with E-state index in [0.717, 1.165) is 5.57 Å². The predicted octanol–water partition coefficient (Wildman–Crippen LogP) is 0.186. The molecule has 0 aromatic rings. The molecule has 0 aromatic carbocycles. The molecule has 1 atom stereocenters. The van der Waals surface area contributed by atoms with Gasteiger partial charge in [0.25, 0.3) is 5.91 Å². The molecule has 0 saturated carbocycles. The van der Waals surface area contributed by atoms with Crippen molar-refractivity contribution < 1.29 is 14.7 Å². The van der Waals surface area contributed by atoms with E-state index in [9.17, 15) is 9.59 Å². The Bertz CT molecular complexity index is 420. The van der Waals surface area contributed by atoms with E-state index < -0.39 is 11.9 Å². The van der Waals surface area contributed by atoms with Gasteiger partial charge in [-0.15, -0.1) is 0 Å². The molecule has 0 saturated heterocycles. The molecule has 0 radical (unpaired) electrons. The lowest BCUT2D eigenvalue weighted by Crippen LogP contribution is -2.49. The van der Waals surface area contributed by atoms with Crippen LogP contribution in [0.1, 0.15) is 6.92 Å². The van der Waals surface area contributed by atoms with Crippen LogP contribution < -0.4 is 5.32 Å². The monoisotopic (exact) mass is 206 g/mol. The third-order valence-corrected chi connectivity index (χ3v) is 2.31. The SMILES string of the molecule is CC1=C[C@H]2NC=C(C(=O)O)C(=O)N2C=C1. The van der Waals surface area contributed by atoms with E-state index in [2.05, 4.69) is 5.32 Å². The highest BCUT2D eigenvalue weighted by Gasteiger charge is 2.31. The number of nitrogens with one attached hydrogen (secondary N) is 1. The Kier molecular flexibility index (Phi) is 2.07. The van der Waals surface area contributed by atoms with E-state index in [4.69, 9.17) is 5.11 Å². The van der Waals surface area contributed by atoms with Crippen LogP contribution in [0.4, 0.5) is 0 Å². The Hall–Kier alpha value is -2.04. The molecule has 0 fully saturated rings. The molecule has 1 amide bonds. The molecule has 2 heterocycles. The van der Waals surface area contributed by atoms with Gasteiger partial charge in [0, 0.05) is 12.4 Å². The van der Waals surface area contributed by atoms with Gasteiger partial charge in [-0.3, -0.25) is 9.69 Å². The second-order valence-corrected chi connectivity index (χ2v) is 3.41. The normalized spacial score (nSPS) is 23.9. The molecule has 0 unspecified atom stereocenters. The molecule has 2 aliphatic heterocycles. The van der Waals surface area contributed by atoms with Gasteiger partial charge in [-0.05, 0) is 24.6 Å². The summed E-state index contributed by atoms with van der Waals surface area (Å²) in [5.74, 6) is -1.71. The van der Waals surface area contributed by atoms with Crippen molar-refractivity contribution in [3.63, 3.8) is 0 Å². The number of fused-ring (bicyclic) bond motifs is 1. The van der Waals surface area contributed by atoms with Crippen LogP contribution in [0.25, 0.3) is 0 Å². The lowest BCUT2D eigenvalue weighted by Gasteiger charge is -2.33. The van der Waals surface area contributed by atoms with Crippen LogP contribution in [0, 0.1) is 0 Å². The zero-order chi connectivity index (χ0) is 11.0. The first-order valence-electron chi connectivity index (χ1n) is 4.48. The third kappa shape index (κ3) is 1.52. The lowest BCUT2D eigenvalue weighted by atomic mass is 10.1. The first-order valence-corrected chi connectivity index (χ1v) is 4.48. The smallest absolute Gasteiger partial charge is 0.342 e. The molecule has 2 N–H and O–H groups in total. The van der Waals surface area contributed by atoms with Crippen LogP contribution in [0.2, 0.25) is 0 Å². The summed E-state index contributed by atoms with van der Waals surface area (Å²) in [6.07, 6.45) is 6.18. The molecule has 5 nitrogen and oxygen atoms in total. The van der Waals surface area contributed by atoms with E-state index in [1.807, 2.05) is 13.0 Å². The Balaban J connectivity index is 2.33. The van der Waals surface area contributed by atoms with Gasteiger partial charge in [-0.1, -0.05) is 0 Å². The van der Waals surface area contributed by atoms with E-state index >= 15 is 0 Å². The summed E-state index contributed by atoms with van der Waals surface area (Å²) in [4.78, 5) is 23.7. The summed E-state index contributed by atoms with van der Waals surface area (Å²) in [7, 11) is 0. The fraction of sp³-hybridized carbons (Fsp3) is 0.200. The highest BCUT2D eigenvalue weighted by molar-refractivity contribution is 6.16. The minimum absolute atomic E-state index is 0.246. The number of aliphatic carboxylic acids is 1. The predicted molar refractivity (Wildman–Crippen MR) is 52.4 cm³/mol. The molecule has 2 aliphatic rings. The van der Waals surface area contributed by atoms with Crippen molar-refractivity contribution in [2.45, 2.75) is 13.1 Å². The van der Waals surface area contributed by atoms with Gasteiger partial charge in [0.15, 0.2) is 0 Å². The van der Waals surface area contributed by atoms with Crippen LogP contribution in [-0.2, 0) is 9.59 Å². The van der Waals surface area contributed by atoms with Gasteiger partial charge in [-0.2, -0.15) is 0 Å². The van der Waals surface area contributed by atoms with Gasteiger partial charge in [0.1, 0.15) is 11.7 Å². The molecule has 0 spiro atoms. The van der Waals surface area contributed by atoms with Crippen LogP contribution in [0.5, 0.6) is 0 Å². The zero-order valence-electron chi connectivity index (χ0n) is 8.10. The summed E-state index contributed by atoms with van der Waals surface area (Å²) in [5.41, 5.74) is 0.785. The largest absolute Gasteiger partial charge is 0.477 e. The topological polar surface area (TPSA) is 69.6 Å². The fourth-order valence-electron chi connectivity index (χ4n) is 1.52. The van der Waals surface area contributed by atoms with Gasteiger partial charge < -0.3 is 10.4 Å². The van der Waals surface area contributed by atoms with E-state index in [0.29, 0.717) is 0 Å². The summed E-state index contributed by atoms with van der Waals surface area (Å²) in [6.45, 7) is 1.91. The number of amides is 1. The minimum Gasteiger partial charge on any atom is -0.477 e. The lowest BCUT2D eigenvalue weighted by molar-refractivity contribution is -0.137. The second kappa shape index (κ2) is 3.27. The first-order chi connectivity index (χ1) is 7.09. The second-order valence-electron chi connectivity index (χ2n) is 3.41. The van der Waals surface area contributed by atoms with Crippen molar-refractivity contribution in [1.29, 1.82) is 0 Å². The number of hydrogen-bond donors (Lipinski definition) is 2. The molecule has 2 rings (SSSR count). The number of carbonyl (C=O) groups excluding carboxylic acids is 1. The first kappa shape index (κ1) is 9.51. The van der Waals surface area contributed by atoms with Crippen LogP contribution in [0.15, 0.2) is 35.7 Å². The molecule has 78 valence electrons. The van der Waals surface area contributed by atoms with Gasteiger partial charge in [-0.25, -0.2) is 4.79 Å². The van der Waals surface area contributed by atoms with Crippen molar-refractivity contribution in [2.24, 2.45) is 0 Å². The highest BCUT2D eigenvalue weighted by atomic mass is 16.4.